The second-order valence-corrected chi connectivity index (χ2v) is 4.38. The maximum Gasteiger partial charge on any atom is 0.314 e. The van der Waals surface area contributed by atoms with Crippen LogP contribution in [0.1, 0.15) is 26.3 Å². The highest BCUT2D eigenvalue weighted by Gasteiger charge is 2.01. The van der Waals surface area contributed by atoms with Crippen molar-refractivity contribution in [3.8, 4) is 5.75 Å². The van der Waals surface area contributed by atoms with E-state index in [1.165, 1.54) is 5.56 Å². The van der Waals surface area contributed by atoms with Crippen molar-refractivity contribution in [2.24, 2.45) is 0 Å². The molecular formula is C14H22N2O2. The van der Waals surface area contributed by atoms with Crippen molar-refractivity contribution in [3.05, 3.63) is 29.8 Å². The summed E-state index contributed by atoms with van der Waals surface area (Å²) >= 11 is 0. The monoisotopic (exact) mass is 250 g/mol. The molecule has 0 unspecified atom stereocenters. The van der Waals surface area contributed by atoms with Gasteiger partial charge in [0.2, 0.25) is 0 Å². The number of amides is 2. The van der Waals surface area contributed by atoms with Gasteiger partial charge >= 0.3 is 6.03 Å². The fourth-order valence-electron chi connectivity index (χ4n) is 1.55. The van der Waals surface area contributed by atoms with Crippen molar-refractivity contribution in [2.45, 2.75) is 33.2 Å². The molecular weight excluding hydrogens is 228 g/mol. The molecule has 4 nitrogen and oxygen atoms in total. The van der Waals surface area contributed by atoms with Crippen LogP contribution in [-0.4, -0.2) is 25.2 Å². The molecule has 1 rings (SSSR count). The number of rotatable bonds is 6. The van der Waals surface area contributed by atoms with Crippen LogP contribution in [0.15, 0.2) is 24.3 Å². The lowest BCUT2D eigenvalue weighted by Gasteiger charge is -2.10. The van der Waals surface area contributed by atoms with Crippen LogP contribution in [0.2, 0.25) is 0 Å². The molecule has 1 aromatic carbocycles. The number of benzene rings is 1. The summed E-state index contributed by atoms with van der Waals surface area (Å²) in [5.41, 5.74) is 1.18. The Morgan fingerprint density at radius 2 is 1.94 bits per heavy atom. The first-order valence-electron chi connectivity index (χ1n) is 6.38. The molecule has 1 aromatic rings. The molecule has 0 radical (unpaired) electrons. The first-order valence-corrected chi connectivity index (χ1v) is 6.38. The van der Waals surface area contributed by atoms with Crippen LogP contribution in [0.3, 0.4) is 0 Å². The Hall–Kier alpha value is -1.71. The zero-order chi connectivity index (χ0) is 13.4. The van der Waals surface area contributed by atoms with Gasteiger partial charge in [0.1, 0.15) is 5.75 Å². The van der Waals surface area contributed by atoms with E-state index >= 15 is 0 Å². The SMILES string of the molecule is CCOc1ccc(CCNC(=O)NC(C)C)cc1. The van der Waals surface area contributed by atoms with Gasteiger partial charge < -0.3 is 15.4 Å². The molecule has 0 aromatic heterocycles. The summed E-state index contributed by atoms with van der Waals surface area (Å²) < 4.78 is 5.37. The molecule has 0 bridgehead atoms. The molecule has 0 saturated heterocycles. The van der Waals surface area contributed by atoms with E-state index in [1.54, 1.807) is 0 Å². The summed E-state index contributed by atoms with van der Waals surface area (Å²) in [6.07, 6.45) is 0.817. The average molecular weight is 250 g/mol. The molecule has 0 aliphatic carbocycles. The van der Waals surface area contributed by atoms with Gasteiger partial charge in [0.25, 0.3) is 0 Å². The summed E-state index contributed by atoms with van der Waals surface area (Å²) in [7, 11) is 0. The van der Waals surface area contributed by atoms with E-state index in [4.69, 9.17) is 4.74 Å². The van der Waals surface area contributed by atoms with Crippen LogP contribution in [0.4, 0.5) is 4.79 Å². The molecule has 2 N–H and O–H groups in total. The smallest absolute Gasteiger partial charge is 0.314 e. The van der Waals surface area contributed by atoms with E-state index in [-0.39, 0.29) is 12.1 Å². The molecule has 0 heterocycles. The fraction of sp³-hybridized carbons (Fsp3) is 0.500. The fourth-order valence-corrected chi connectivity index (χ4v) is 1.55. The van der Waals surface area contributed by atoms with E-state index in [0.29, 0.717) is 13.2 Å². The maximum absolute atomic E-state index is 11.3. The molecule has 2 amide bonds. The van der Waals surface area contributed by atoms with Gasteiger partial charge in [-0.15, -0.1) is 0 Å². The van der Waals surface area contributed by atoms with Crippen molar-refractivity contribution in [3.63, 3.8) is 0 Å². The van der Waals surface area contributed by atoms with Gasteiger partial charge in [-0.25, -0.2) is 4.79 Å². The summed E-state index contributed by atoms with van der Waals surface area (Å²) in [6, 6.07) is 7.99. The van der Waals surface area contributed by atoms with Crippen LogP contribution >= 0.6 is 0 Å². The molecule has 0 fully saturated rings. The predicted molar refractivity (Wildman–Crippen MR) is 73.0 cm³/mol. The lowest BCUT2D eigenvalue weighted by atomic mass is 10.1. The third-order valence-electron chi connectivity index (χ3n) is 2.35. The predicted octanol–water partition coefficient (Wildman–Crippen LogP) is 2.34. The molecule has 0 saturated carbocycles. The van der Waals surface area contributed by atoms with Gasteiger partial charge in [0, 0.05) is 12.6 Å². The second-order valence-electron chi connectivity index (χ2n) is 4.38. The molecule has 0 aliphatic heterocycles. The van der Waals surface area contributed by atoms with E-state index in [0.717, 1.165) is 12.2 Å². The maximum atomic E-state index is 11.3. The Balaban J connectivity index is 2.28. The number of urea groups is 1. The normalized spacial score (nSPS) is 10.2. The van der Waals surface area contributed by atoms with Crippen molar-refractivity contribution in [2.75, 3.05) is 13.2 Å². The largest absolute Gasteiger partial charge is 0.494 e. The van der Waals surface area contributed by atoms with Gasteiger partial charge in [-0.3, -0.25) is 0 Å². The van der Waals surface area contributed by atoms with Crippen molar-refractivity contribution in [1.29, 1.82) is 0 Å². The topological polar surface area (TPSA) is 50.4 Å². The standard InChI is InChI=1S/C14H22N2O2/c1-4-18-13-7-5-12(6-8-13)9-10-15-14(17)16-11(2)3/h5-8,11H,4,9-10H2,1-3H3,(H2,15,16,17). The van der Waals surface area contributed by atoms with Crippen molar-refractivity contribution in [1.82, 2.24) is 10.6 Å². The molecule has 18 heavy (non-hydrogen) atoms. The minimum absolute atomic E-state index is 0.115. The van der Waals surface area contributed by atoms with E-state index in [1.807, 2.05) is 45.0 Å². The van der Waals surface area contributed by atoms with Crippen molar-refractivity contribution >= 4 is 6.03 Å². The van der Waals surface area contributed by atoms with E-state index in [9.17, 15) is 4.79 Å². The van der Waals surface area contributed by atoms with Crippen LogP contribution < -0.4 is 15.4 Å². The van der Waals surface area contributed by atoms with E-state index in [2.05, 4.69) is 10.6 Å². The quantitative estimate of drug-likeness (QED) is 0.814. The van der Waals surface area contributed by atoms with E-state index < -0.39 is 0 Å². The summed E-state index contributed by atoms with van der Waals surface area (Å²) in [5, 5.41) is 5.61. The summed E-state index contributed by atoms with van der Waals surface area (Å²) in [5.74, 6) is 0.881. The highest BCUT2D eigenvalue weighted by atomic mass is 16.5. The number of carbonyl (C=O) groups is 1. The lowest BCUT2D eigenvalue weighted by Crippen LogP contribution is -2.40. The third kappa shape index (κ3) is 5.57. The lowest BCUT2D eigenvalue weighted by molar-refractivity contribution is 0.238. The zero-order valence-electron chi connectivity index (χ0n) is 11.3. The Kier molecular flexibility index (Phi) is 6.05. The van der Waals surface area contributed by atoms with Gasteiger partial charge in [0.05, 0.1) is 6.61 Å². The highest BCUT2D eigenvalue weighted by molar-refractivity contribution is 5.74. The second kappa shape index (κ2) is 7.58. The van der Waals surface area contributed by atoms with Gasteiger partial charge in [-0.1, -0.05) is 12.1 Å². The number of nitrogens with one attached hydrogen (secondary N) is 2. The van der Waals surface area contributed by atoms with Gasteiger partial charge in [-0.2, -0.15) is 0 Å². The zero-order valence-corrected chi connectivity index (χ0v) is 11.3. The first-order chi connectivity index (χ1) is 8.61. The highest BCUT2D eigenvalue weighted by Crippen LogP contribution is 2.12. The van der Waals surface area contributed by atoms with Gasteiger partial charge in [-0.05, 0) is 44.9 Å². The average Bonchev–Trinajstić information content (AvgIpc) is 2.31. The molecule has 4 heteroatoms. The van der Waals surface area contributed by atoms with Gasteiger partial charge in [0.15, 0.2) is 0 Å². The molecule has 100 valence electrons. The Morgan fingerprint density at radius 1 is 1.28 bits per heavy atom. The minimum atomic E-state index is -0.115. The molecule has 0 spiro atoms. The Morgan fingerprint density at radius 3 is 2.50 bits per heavy atom. The van der Waals surface area contributed by atoms with Crippen LogP contribution in [-0.2, 0) is 6.42 Å². The summed E-state index contributed by atoms with van der Waals surface area (Å²) in [4.78, 5) is 11.3. The number of hydrogen-bond donors (Lipinski definition) is 2. The minimum Gasteiger partial charge on any atom is -0.494 e. The molecule has 0 atom stereocenters. The number of carbonyl (C=O) groups excluding carboxylic acids is 1. The van der Waals surface area contributed by atoms with Crippen LogP contribution in [0.5, 0.6) is 5.75 Å². The molecule has 0 aliphatic rings. The third-order valence-corrected chi connectivity index (χ3v) is 2.35. The van der Waals surface area contributed by atoms with Crippen LogP contribution in [0.25, 0.3) is 0 Å². The number of hydrogen-bond acceptors (Lipinski definition) is 2. The van der Waals surface area contributed by atoms with Crippen molar-refractivity contribution < 1.29 is 9.53 Å². The Bertz CT molecular complexity index is 361. The van der Waals surface area contributed by atoms with Crippen LogP contribution in [0, 0.1) is 0 Å². The first kappa shape index (κ1) is 14.4. The number of ether oxygens (including phenoxy) is 1. The Labute approximate surface area is 109 Å². The summed E-state index contributed by atoms with van der Waals surface area (Å²) in [6.45, 7) is 7.14.